The third-order valence-corrected chi connectivity index (χ3v) is 2.81. The number of methoxy groups -OCH3 is 1. The van der Waals surface area contributed by atoms with Crippen molar-refractivity contribution in [3.8, 4) is 0 Å². The summed E-state index contributed by atoms with van der Waals surface area (Å²) >= 11 is 0. The summed E-state index contributed by atoms with van der Waals surface area (Å²) < 4.78 is 9.76. The second-order valence-corrected chi connectivity index (χ2v) is 5.46. The van der Waals surface area contributed by atoms with Crippen LogP contribution in [0.5, 0.6) is 0 Å². The Morgan fingerprint density at radius 1 is 1.30 bits per heavy atom. The summed E-state index contributed by atoms with van der Waals surface area (Å²) in [5.74, 6) is -1.84. The summed E-state index contributed by atoms with van der Waals surface area (Å²) in [6.45, 7) is 6.53. The number of carbonyl (C=O) groups excluding carboxylic acids is 2. The van der Waals surface area contributed by atoms with Gasteiger partial charge in [-0.2, -0.15) is 0 Å². The Balaban J connectivity index is 3.10. The van der Waals surface area contributed by atoms with Crippen LogP contribution in [0.2, 0.25) is 0 Å². The largest absolute Gasteiger partial charge is 0.480 e. The highest BCUT2D eigenvalue weighted by Gasteiger charge is 2.42. The van der Waals surface area contributed by atoms with Crippen LogP contribution >= 0.6 is 0 Å². The molecule has 0 aliphatic carbocycles. The molecule has 0 aromatic heterocycles. The molecule has 0 saturated carbocycles. The fourth-order valence-corrected chi connectivity index (χ4v) is 1.94. The number of amides is 1. The summed E-state index contributed by atoms with van der Waals surface area (Å²) in [4.78, 5) is 35.9. The predicted molar refractivity (Wildman–Crippen MR) is 68.8 cm³/mol. The molecule has 0 unspecified atom stereocenters. The molecule has 1 amide bonds. The molecule has 20 heavy (non-hydrogen) atoms. The van der Waals surface area contributed by atoms with Crippen LogP contribution in [0.15, 0.2) is 11.3 Å². The number of carbonyl (C=O) groups is 3. The second-order valence-electron chi connectivity index (χ2n) is 5.46. The van der Waals surface area contributed by atoms with Crippen LogP contribution in [0.3, 0.4) is 0 Å². The smallest absolute Gasteiger partial charge is 0.415 e. The van der Waals surface area contributed by atoms with Gasteiger partial charge in [-0.1, -0.05) is 0 Å². The number of nitrogens with zero attached hydrogens (tertiary/aromatic N) is 1. The van der Waals surface area contributed by atoms with E-state index in [0.717, 1.165) is 4.90 Å². The SMILES string of the molecule is COC(=O)C1=C(C)N(C(=O)OC(C)(C)C)[C@H](C(=O)O)C1. The van der Waals surface area contributed by atoms with E-state index >= 15 is 0 Å². The van der Waals surface area contributed by atoms with E-state index in [-0.39, 0.29) is 17.7 Å². The van der Waals surface area contributed by atoms with Gasteiger partial charge in [0.05, 0.1) is 12.7 Å². The van der Waals surface area contributed by atoms with E-state index in [0.29, 0.717) is 0 Å². The number of esters is 1. The molecule has 1 aliphatic rings. The Labute approximate surface area is 117 Å². The number of aliphatic carboxylic acids is 1. The van der Waals surface area contributed by atoms with Crippen molar-refractivity contribution in [2.24, 2.45) is 0 Å². The Kier molecular flexibility index (Phi) is 4.42. The normalized spacial score (nSPS) is 19.1. The molecule has 0 saturated heterocycles. The van der Waals surface area contributed by atoms with Gasteiger partial charge >= 0.3 is 18.0 Å². The van der Waals surface area contributed by atoms with E-state index in [4.69, 9.17) is 4.74 Å². The average Bonchev–Trinajstić information content (AvgIpc) is 2.64. The van der Waals surface area contributed by atoms with Gasteiger partial charge in [-0.3, -0.25) is 4.90 Å². The van der Waals surface area contributed by atoms with Crippen molar-refractivity contribution in [2.45, 2.75) is 45.8 Å². The van der Waals surface area contributed by atoms with Gasteiger partial charge in [0.15, 0.2) is 0 Å². The van der Waals surface area contributed by atoms with Crippen LogP contribution in [0, 0.1) is 0 Å². The lowest BCUT2D eigenvalue weighted by molar-refractivity contribution is -0.141. The summed E-state index contributed by atoms with van der Waals surface area (Å²) in [6, 6.07) is -1.15. The van der Waals surface area contributed by atoms with Crippen LogP contribution < -0.4 is 0 Å². The molecule has 1 rings (SSSR count). The standard InChI is InChI=1S/C13H19NO6/c1-7-8(11(17)19-5)6-9(10(15)16)14(7)12(18)20-13(2,3)4/h9H,6H2,1-5H3,(H,15,16)/t9-/m0/s1. The summed E-state index contributed by atoms with van der Waals surface area (Å²) in [6.07, 6.45) is -0.881. The van der Waals surface area contributed by atoms with Crippen molar-refractivity contribution in [3.63, 3.8) is 0 Å². The van der Waals surface area contributed by atoms with Gasteiger partial charge in [-0.25, -0.2) is 14.4 Å². The van der Waals surface area contributed by atoms with Crippen molar-refractivity contribution in [1.29, 1.82) is 0 Å². The molecular weight excluding hydrogens is 266 g/mol. The number of hydrogen-bond donors (Lipinski definition) is 1. The van der Waals surface area contributed by atoms with E-state index < -0.39 is 29.7 Å². The zero-order chi connectivity index (χ0) is 15.7. The van der Waals surface area contributed by atoms with Crippen LogP contribution in [0.4, 0.5) is 4.79 Å². The average molecular weight is 285 g/mol. The molecule has 0 radical (unpaired) electrons. The third kappa shape index (κ3) is 3.28. The number of carboxylic acid groups (broad SMARTS) is 1. The van der Waals surface area contributed by atoms with Crippen molar-refractivity contribution < 1.29 is 29.0 Å². The van der Waals surface area contributed by atoms with Crippen LogP contribution in [-0.2, 0) is 19.1 Å². The highest BCUT2D eigenvalue weighted by molar-refractivity contribution is 5.94. The molecule has 7 heteroatoms. The van der Waals surface area contributed by atoms with Crippen LogP contribution in [-0.4, -0.2) is 46.8 Å². The maximum Gasteiger partial charge on any atom is 0.415 e. The Morgan fingerprint density at radius 3 is 2.25 bits per heavy atom. The first-order chi connectivity index (χ1) is 9.08. The zero-order valence-electron chi connectivity index (χ0n) is 12.2. The van der Waals surface area contributed by atoms with Crippen molar-refractivity contribution in [1.82, 2.24) is 4.90 Å². The molecule has 1 heterocycles. The number of allylic oxidation sites excluding steroid dienone is 1. The first-order valence-electron chi connectivity index (χ1n) is 6.11. The lowest BCUT2D eigenvalue weighted by Crippen LogP contribution is -2.43. The predicted octanol–water partition coefficient (Wildman–Crippen LogP) is 1.53. The maximum atomic E-state index is 12.1. The fourth-order valence-electron chi connectivity index (χ4n) is 1.94. The molecular formula is C13H19NO6. The monoisotopic (exact) mass is 285 g/mol. The molecule has 0 bridgehead atoms. The Morgan fingerprint density at radius 2 is 1.85 bits per heavy atom. The van der Waals surface area contributed by atoms with Gasteiger partial charge in [0.1, 0.15) is 11.6 Å². The van der Waals surface area contributed by atoms with Crippen molar-refractivity contribution >= 4 is 18.0 Å². The summed E-state index contributed by atoms with van der Waals surface area (Å²) in [5, 5.41) is 9.19. The lowest BCUT2D eigenvalue weighted by Gasteiger charge is -2.27. The van der Waals surface area contributed by atoms with Crippen molar-refractivity contribution in [2.75, 3.05) is 7.11 Å². The van der Waals surface area contributed by atoms with E-state index in [9.17, 15) is 19.5 Å². The zero-order valence-corrected chi connectivity index (χ0v) is 12.2. The highest BCUT2D eigenvalue weighted by atomic mass is 16.6. The minimum Gasteiger partial charge on any atom is -0.480 e. The molecule has 0 spiro atoms. The topological polar surface area (TPSA) is 93.1 Å². The minimum atomic E-state index is -1.20. The van der Waals surface area contributed by atoms with Gasteiger partial charge < -0.3 is 14.6 Å². The Bertz CT molecular complexity index is 474. The molecule has 112 valence electrons. The van der Waals surface area contributed by atoms with Gasteiger partial charge in [0.2, 0.25) is 0 Å². The Hall–Kier alpha value is -2.05. The molecule has 1 N–H and O–H groups in total. The first kappa shape index (κ1) is 16.0. The van der Waals surface area contributed by atoms with E-state index in [1.807, 2.05) is 0 Å². The maximum absolute atomic E-state index is 12.1. The fraction of sp³-hybridized carbons (Fsp3) is 0.615. The quantitative estimate of drug-likeness (QED) is 0.773. The highest BCUT2D eigenvalue weighted by Crippen LogP contribution is 2.31. The first-order valence-corrected chi connectivity index (χ1v) is 6.11. The molecule has 0 fully saturated rings. The summed E-state index contributed by atoms with van der Waals surface area (Å²) in [5.41, 5.74) is -0.335. The van der Waals surface area contributed by atoms with E-state index in [2.05, 4.69) is 4.74 Å². The van der Waals surface area contributed by atoms with Gasteiger partial charge in [0, 0.05) is 12.1 Å². The van der Waals surface area contributed by atoms with E-state index in [1.54, 1.807) is 20.8 Å². The molecule has 7 nitrogen and oxygen atoms in total. The van der Waals surface area contributed by atoms with Crippen LogP contribution in [0.1, 0.15) is 34.1 Å². The molecule has 0 aromatic carbocycles. The minimum absolute atomic E-state index is 0.0902. The van der Waals surface area contributed by atoms with Gasteiger partial charge in [0.25, 0.3) is 0 Å². The molecule has 0 aromatic rings. The lowest BCUT2D eigenvalue weighted by atomic mass is 10.1. The van der Waals surface area contributed by atoms with Gasteiger partial charge in [-0.05, 0) is 27.7 Å². The number of carboxylic acids is 1. The number of hydrogen-bond acceptors (Lipinski definition) is 5. The van der Waals surface area contributed by atoms with Crippen molar-refractivity contribution in [3.05, 3.63) is 11.3 Å². The second kappa shape index (κ2) is 5.52. The number of rotatable bonds is 2. The van der Waals surface area contributed by atoms with E-state index in [1.165, 1.54) is 14.0 Å². The molecule has 1 atom stereocenters. The van der Waals surface area contributed by atoms with Gasteiger partial charge in [-0.15, -0.1) is 0 Å². The molecule has 1 aliphatic heterocycles. The number of ether oxygens (including phenoxy) is 2. The van der Waals surface area contributed by atoms with Crippen LogP contribution in [0.25, 0.3) is 0 Å². The summed E-state index contributed by atoms with van der Waals surface area (Å²) in [7, 11) is 1.20. The third-order valence-electron chi connectivity index (χ3n) is 2.81.